The third-order valence-corrected chi connectivity index (χ3v) is 5.26. The van der Waals surface area contributed by atoms with Crippen molar-refractivity contribution in [3.63, 3.8) is 0 Å². The summed E-state index contributed by atoms with van der Waals surface area (Å²) in [6.07, 6.45) is -3.72. The second kappa shape index (κ2) is 12.5. The van der Waals surface area contributed by atoms with E-state index in [1.165, 1.54) is 4.90 Å². The lowest BCUT2D eigenvalue weighted by Crippen LogP contribution is -2.31. The summed E-state index contributed by atoms with van der Waals surface area (Å²) in [6, 6.07) is 6.53. The molecule has 0 aliphatic heterocycles. The number of carbonyl (C=O) groups excluding carboxylic acids is 1. The number of unbranched alkanes of at least 4 members (excludes halogenated alkanes) is 2. The number of anilines is 1. The van der Waals surface area contributed by atoms with Crippen LogP contribution in [0, 0.1) is 0 Å². The van der Waals surface area contributed by atoms with E-state index < -0.39 is 30.1 Å². The van der Waals surface area contributed by atoms with Gasteiger partial charge < -0.3 is 9.42 Å². The summed E-state index contributed by atoms with van der Waals surface area (Å²) >= 11 is 0. The fourth-order valence-electron chi connectivity index (χ4n) is 3.43. The van der Waals surface area contributed by atoms with Crippen molar-refractivity contribution >= 4 is 11.6 Å². The topological polar surface area (TPSA) is 85.0 Å². The molecular weight excluding hydrogens is 504 g/mol. The lowest BCUT2D eigenvalue weighted by atomic mass is 10.1. The molecule has 0 spiro atoms. The van der Waals surface area contributed by atoms with Crippen LogP contribution in [-0.2, 0) is 17.4 Å². The number of benzene rings is 1. The van der Waals surface area contributed by atoms with Crippen molar-refractivity contribution in [2.75, 3.05) is 11.4 Å². The summed E-state index contributed by atoms with van der Waals surface area (Å²) in [5, 5.41) is 3.20. The molecule has 1 aromatic carbocycles. The van der Waals surface area contributed by atoms with Gasteiger partial charge in [-0.05, 0) is 30.5 Å². The fourth-order valence-corrected chi connectivity index (χ4v) is 3.43. The van der Waals surface area contributed by atoms with Gasteiger partial charge in [0.2, 0.25) is 23.4 Å². The highest BCUT2D eigenvalue weighted by molar-refractivity contribution is 5.94. The van der Waals surface area contributed by atoms with Crippen LogP contribution in [0.2, 0.25) is 0 Å². The Kier molecular flexibility index (Phi) is 9.36. The van der Waals surface area contributed by atoms with E-state index in [-0.39, 0.29) is 31.2 Å². The van der Waals surface area contributed by atoms with Gasteiger partial charge in [0, 0.05) is 49.5 Å². The van der Waals surface area contributed by atoms with E-state index >= 15 is 0 Å². The van der Waals surface area contributed by atoms with Gasteiger partial charge in [-0.2, -0.15) is 18.2 Å². The zero-order valence-corrected chi connectivity index (χ0v) is 19.5. The van der Waals surface area contributed by atoms with Gasteiger partial charge in [0.1, 0.15) is 0 Å². The van der Waals surface area contributed by atoms with Gasteiger partial charge >= 0.3 is 12.6 Å². The molecule has 0 N–H and O–H groups in total. The average molecular weight is 527 g/mol. The second-order valence-corrected chi connectivity index (χ2v) is 8.06. The zero-order chi connectivity index (χ0) is 27.0. The molecule has 0 saturated heterocycles. The quantitative estimate of drug-likeness (QED) is 0.198. The normalized spacial score (nSPS) is 11.6. The van der Waals surface area contributed by atoms with Crippen LogP contribution in [-0.4, -0.2) is 32.6 Å². The smallest absolute Gasteiger partial charge is 0.339 e. The molecule has 2 aromatic heterocycles. The van der Waals surface area contributed by atoms with E-state index in [4.69, 9.17) is 4.52 Å². The monoisotopic (exact) mass is 527 g/mol. The van der Waals surface area contributed by atoms with Crippen molar-refractivity contribution in [3.05, 3.63) is 66.6 Å². The SMILES string of the molecule is C=C(F)CCC(=O)N(CCCCCc1nc(C(F)F)no1)c1cccc(-c2cnc(C(F)(F)F)nc2)c1. The molecule has 3 rings (SSSR count). The van der Waals surface area contributed by atoms with Crippen LogP contribution in [0.25, 0.3) is 11.1 Å². The number of allylic oxidation sites excluding steroid dienone is 1. The first kappa shape index (κ1) is 27.8. The number of halogens is 6. The predicted octanol–water partition coefficient (Wildman–Crippen LogP) is 6.49. The minimum atomic E-state index is -4.67. The molecule has 3 aromatic rings. The van der Waals surface area contributed by atoms with Gasteiger partial charge in [-0.3, -0.25) is 4.79 Å². The van der Waals surface area contributed by atoms with Crippen molar-refractivity contribution in [1.29, 1.82) is 0 Å². The highest BCUT2D eigenvalue weighted by Crippen LogP contribution is 2.29. The largest absolute Gasteiger partial charge is 0.451 e. The molecule has 37 heavy (non-hydrogen) atoms. The van der Waals surface area contributed by atoms with Crippen molar-refractivity contribution in [1.82, 2.24) is 20.1 Å². The maximum absolute atomic E-state index is 13.2. The van der Waals surface area contributed by atoms with Gasteiger partial charge in [-0.25, -0.2) is 23.1 Å². The van der Waals surface area contributed by atoms with Gasteiger partial charge in [-0.15, -0.1) is 0 Å². The number of alkyl halides is 5. The molecular formula is C24H23F6N5O2. The third-order valence-electron chi connectivity index (χ3n) is 5.26. The van der Waals surface area contributed by atoms with Gasteiger partial charge in [0.15, 0.2) is 0 Å². The van der Waals surface area contributed by atoms with Crippen molar-refractivity contribution in [2.45, 2.75) is 51.1 Å². The lowest BCUT2D eigenvalue weighted by molar-refractivity contribution is -0.145. The summed E-state index contributed by atoms with van der Waals surface area (Å²) in [5.41, 5.74) is 1.28. The lowest BCUT2D eigenvalue weighted by Gasteiger charge is -2.23. The summed E-state index contributed by atoms with van der Waals surface area (Å²) in [7, 11) is 0. The Labute approximate surface area is 208 Å². The summed E-state index contributed by atoms with van der Waals surface area (Å²) in [5.74, 6) is -2.83. The Balaban J connectivity index is 1.68. The fraction of sp³-hybridized carbons (Fsp3) is 0.375. The number of hydrogen-bond acceptors (Lipinski definition) is 6. The summed E-state index contributed by atoms with van der Waals surface area (Å²) < 4.78 is 81.4. The Morgan fingerprint density at radius 3 is 2.41 bits per heavy atom. The van der Waals surface area contributed by atoms with Crippen LogP contribution in [0.15, 0.2) is 53.6 Å². The van der Waals surface area contributed by atoms with E-state index in [0.29, 0.717) is 42.5 Å². The van der Waals surface area contributed by atoms with E-state index in [1.54, 1.807) is 24.3 Å². The predicted molar refractivity (Wildman–Crippen MR) is 121 cm³/mol. The number of amides is 1. The first-order chi connectivity index (χ1) is 17.5. The van der Waals surface area contributed by atoms with Crippen molar-refractivity contribution < 1.29 is 35.7 Å². The van der Waals surface area contributed by atoms with Gasteiger partial charge in [0.25, 0.3) is 0 Å². The Morgan fingerprint density at radius 1 is 1.05 bits per heavy atom. The number of nitrogens with zero attached hydrogens (tertiary/aromatic N) is 5. The van der Waals surface area contributed by atoms with Crippen LogP contribution in [0.4, 0.5) is 32.0 Å². The Bertz CT molecular complexity index is 1200. The number of rotatable bonds is 12. The van der Waals surface area contributed by atoms with E-state index in [2.05, 4.69) is 26.7 Å². The maximum atomic E-state index is 13.2. The molecule has 0 atom stereocenters. The molecule has 0 unspecified atom stereocenters. The maximum Gasteiger partial charge on any atom is 0.451 e. The van der Waals surface area contributed by atoms with Crippen molar-refractivity contribution in [2.24, 2.45) is 0 Å². The Morgan fingerprint density at radius 2 is 1.78 bits per heavy atom. The van der Waals surface area contributed by atoms with Crippen LogP contribution in [0.1, 0.15) is 56.1 Å². The molecule has 13 heteroatoms. The van der Waals surface area contributed by atoms with Crippen LogP contribution < -0.4 is 4.90 Å². The number of aryl methyl sites for hydroxylation is 1. The number of aromatic nitrogens is 4. The molecule has 0 bridgehead atoms. The number of hydrogen-bond donors (Lipinski definition) is 0. The molecule has 0 aliphatic rings. The molecule has 0 radical (unpaired) electrons. The van der Waals surface area contributed by atoms with E-state index in [1.807, 2.05) is 0 Å². The zero-order valence-electron chi connectivity index (χ0n) is 19.5. The van der Waals surface area contributed by atoms with Crippen LogP contribution >= 0.6 is 0 Å². The van der Waals surface area contributed by atoms with E-state index in [0.717, 1.165) is 12.4 Å². The highest BCUT2D eigenvalue weighted by atomic mass is 19.4. The molecule has 0 saturated carbocycles. The molecule has 2 heterocycles. The molecule has 0 aliphatic carbocycles. The minimum absolute atomic E-state index is 0.0937. The second-order valence-electron chi connectivity index (χ2n) is 8.06. The first-order valence-corrected chi connectivity index (χ1v) is 11.3. The Hall–Kier alpha value is -3.77. The molecule has 198 valence electrons. The average Bonchev–Trinajstić information content (AvgIpc) is 3.34. The summed E-state index contributed by atoms with van der Waals surface area (Å²) in [4.78, 5) is 24.7. The molecule has 7 nitrogen and oxygen atoms in total. The van der Waals surface area contributed by atoms with Crippen molar-refractivity contribution in [3.8, 4) is 11.1 Å². The first-order valence-electron chi connectivity index (χ1n) is 11.3. The standard InChI is InChI=1S/C24H23F6N5O2/c1-15(25)9-10-20(36)35(11-4-2-3-8-19-33-22(21(26)27)34-37-19)18-7-5-6-16(12-18)17-13-31-23(32-14-17)24(28,29)30/h5-7,12-14,21H,1-4,8-11H2. The van der Waals surface area contributed by atoms with Gasteiger partial charge in [-0.1, -0.05) is 30.3 Å². The summed E-state index contributed by atoms with van der Waals surface area (Å²) in [6.45, 7) is 3.43. The molecule has 1 amide bonds. The molecule has 0 fully saturated rings. The third kappa shape index (κ3) is 8.12. The number of carbonyl (C=O) groups is 1. The van der Waals surface area contributed by atoms with Crippen LogP contribution in [0.5, 0.6) is 0 Å². The van der Waals surface area contributed by atoms with E-state index in [9.17, 15) is 31.1 Å². The highest BCUT2D eigenvalue weighted by Gasteiger charge is 2.34. The van der Waals surface area contributed by atoms with Gasteiger partial charge in [0.05, 0.1) is 5.83 Å². The van der Waals surface area contributed by atoms with Crippen LogP contribution in [0.3, 0.4) is 0 Å². The minimum Gasteiger partial charge on any atom is -0.339 e.